The predicted molar refractivity (Wildman–Crippen MR) is 108 cm³/mol. The molecule has 154 valence electrons. The molecular weight excluding hydrogens is 344 g/mol. The first kappa shape index (κ1) is 23.1. The van der Waals surface area contributed by atoms with Gasteiger partial charge in [0.1, 0.15) is 0 Å². The van der Waals surface area contributed by atoms with Gasteiger partial charge < -0.3 is 20.4 Å². The second kappa shape index (κ2) is 13.3. The van der Waals surface area contributed by atoms with E-state index in [4.69, 9.17) is 0 Å². The zero-order valence-corrected chi connectivity index (χ0v) is 16.6. The molecule has 1 aromatic rings. The molecule has 0 fully saturated rings. The van der Waals surface area contributed by atoms with Crippen molar-refractivity contribution < 1.29 is 25.2 Å². The number of carboxylic acids is 1. The molecule has 0 saturated carbocycles. The Morgan fingerprint density at radius 1 is 0.778 bits per heavy atom. The third-order valence-corrected chi connectivity index (χ3v) is 5.18. The summed E-state index contributed by atoms with van der Waals surface area (Å²) in [5, 5.41) is 38.3. The summed E-state index contributed by atoms with van der Waals surface area (Å²) in [4.78, 5) is 11.5. The summed E-state index contributed by atoms with van der Waals surface area (Å²) in [5.41, 5.74) is 0.154. The molecule has 4 N–H and O–H groups in total. The fourth-order valence-corrected chi connectivity index (χ4v) is 3.47. The third kappa shape index (κ3) is 8.55. The lowest BCUT2D eigenvalue weighted by Crippen LogP contribution is -2.12. The number of aromatic hydroxyl groups is 3. The van der Waals surface area contributed by atoms with Gasteiger partial charge >= 0.3 is 5.97 Å². The number of hydrogen-bond acceptors (Lipinski definition) is 4. The van der Waals surface area contributed by atoms with Crippen LogP contribution < -0.4 is 0 Å². The molecule has 5 nitrogen and oxygen atoms in total. The van der Waals surface area contributed by atoms with Crippen molar-refractivity contribution in [3.63, 3.8) is 0 Å². The zero-order chi connectivity index (χ0) is 20.1. The molecule has 1 atom stereocenters. The maximum Gasteiger partial charge on any atom is 0.311 e. The Labute approximate surface area is 163 Å². The van der Waals surface area contributed by atoms with Crippen molar-refractivity contribution in [3.8, 4) is 17.2 Å². The van der Waals surface area contributed by atoms with Crippen LogP contribution >= 0.6 is 0 Å². The van der Waals surface area contributed by atoms with E-state index in [1.165, 1.54) is 69.9 Å². The highest BCUT2D eigenvalue weighted by Gasteiger charge is 2.25. The Balaban J connectivity index is 2.22. The standard InChI is InChI=1S/C22H36O5/c1-2-3-4-5-6-7-8-9-10-11-12-13-14-18(22(26)27)17-15-16-19(23)21(25)20(17)24/h15-16,18,23-25H,2-14H2,1H3,(H,26,27). The lowest BCUT2D eigenvalue weighted by Gasteiger charge is -2.15. The van der Waals surface area contributed by atoms with Crippen molar-refractivity contribution >= 4 is 5.97 Å². The molecule has 0 saturated heterocycles. The number of hydrogen-bond donors (Lipinski definition) is 4. The van der Waals surface area contributed by atoms with Crippen LogP contribution in [0.3, 0.4) is 0 Å². The van der Waals surface area contributed by atoms with E-state index >= 15 is 0 Å². The number of unbranched alkanes of at least 4 members (excludes halogenated alkanes) is 11. The molecule has 0 radical (unpaired) electrons. The van der Waals surface area contributed by atoms with E-state index in [1.807, 2.05) is 0 Å². The Bertz CT molecular complexity index is 556. The largest absolute Gasteiger partial charge is 0.504 e. The number of phenolic OH excluding ortho intramolecular Hbond substituents is 3. The van der Waals surface area contributed by atoms with Crippen molar-refractivity contribution in [2.75, 3.05) is 0 Å². The van der Waals surface area contributed by atoms with Crippen LogP contribution in [0.4, 0.5) is 0 Å². The minimum absolute atomic E-state index is 0.154. The number of phenols is 3. The Morgan fingerprint density at radius 2 is 1.26 bits per heavy atom. The van der Waals surface area contributed by atoms with Crippen LogP contribution in [0, 0.1) is 0 Å². The van der Waals surface area contributed by atoms with Gasteiger partial charge in [0.05, 0.1) is 5.92 Å². The first-order chi connectivity index (χ1) is 13.0. The SMILES string of the molecule is CCCCCCCCCCCCCCC(C(=O)O)c1ccc(O)c(O)c1O. The van der Waals surface area contributed by atoms with Gasteiger partial charge in [0.25, 0.3) is 0 Å². The summed E-state index contributed by atoms with van der Waals surface area (Å²) in [6, 6.07) is 2.58. The second-order valence-corrected chi connectivity index (χ2v) is 7.44. The summed E-state index contributed by atoms with van der Waals surface area (Å²) < 4.78 is 0. The van der Waals surface area contributed by atoms with Crippen LogP contribution in [0.15, 0.2) is 12.1 Å². The van der Waals surface area contributed by atoms with Gasteiger partial charge in [-0.15, -0.1) is 0 Å². The summed E-state index contributed by atoms with van der Waals surface area (Å²) in [6.07, 6.45) is 14.9. The van der Waals surface area contributed by atoms with E-state index in [0.717, 1.165) is 19.3 Å². The van der Waals surface area contributed by atoms with Crippen LogP contribution in [-0.2, 0) is 4.79 Å². The number of carbonyl (C=O) groups is 1. The van der Waals surface area contributed by atoms with E-state index in [0.29, 0.717) is 6.42 Å². The van der Waals surface area contributed by atoms with Crippen molar-refractivity contribution in [1.29, 1.82) is 0 Å². The van der Waals surface area contributed by atoms with Gasteiger partial charge in [0, 0.05) is 5.56 Å². The fraction of sp³-hybridized carbons (Fsp3) is 0.682. The summed E-state index contributed by atoms with van der Waals surface area (Å²) in [6.45, 7) is 2.23. The highest BCUT2D eigenvalue weighted by atomic mass is 16.4. The van der Waals surface area contributed by atoms with Gasteiger partial charge in [-0.3, -0.25) is 4.79 Å². The summed E-state index contributed by atoms with van der Waals surface area (Å²) in [7, 11) is 0. The fourth-order valence-electron chi connectivity index (χ4n) is 3.47. The molecule has 0 aliphatic heterocycles. The quantitative estimate of drug-likeness (QED) is 0.219. The topological polar surface area (TPSA) is 98.0 Å². The van der Waals surface area contributed by atoms with E-state index in [2.05, 4.69) is 6.92 Å². The highest BCUT2D eigenvalue weighted by molar-refractivity contribution is 5.78. The maximum absolute atomic E-state index is 11.5. The van der Waals surface area contributed by atoms with Gasteiger partial charge in [0.2, 0.25) is 5.75 Å². The Morgan fingerprint density at radius 3 is 1.74 bits per heavy atom. The normalized spacial score (nSPS) is 12.2. The van der Waals surface area contributed by atoms with Crippen LogP contribution in [0.25, 0.3) is 0 Å². The van der Waals surface area contributed by atoms with Crippen molar-refractivity contribution in [2.24, 2.45) is 0 Å². The van der Waals surface area contributed by atoms with Crippen LogP contribution in [0.2, 0.25) is 0 Å². The molecule has 1 rings (SSSR count). The summed E-state index contributed by atoms with van der Waals surface area (Å²) in [5.74, 6) is -3.56. The number of benzene rings is 1. The molecule has 0 aliphatic carbocycles. The van der Waals surface area contributed by atoms with E-state index in [1.54, 1.807) is 0 Å². The predicted octanol–water partition coefficient (Wildman–Crippen LogP) is 6.06. The molecule has 1 unspecified atom stereocenters. The smallest absolute Gasteiger partial charge is 0.311 e. The molecule has 0 amide bonds. The van der Waals surface area contributed by atoms with Gasteiger partial charge in [-0.1, -0.05) is 90.0 Å². The molecule has 0 aliphatic rings. The van der Waals surface area contributed by atoms with Gasteiger partial charge in [-0.2, -0.15) is 0 Å². The minimum Gasteiger partial charge on any atom is -0.504 e. The van der Waals surface area contributed by atoms with Gasteiger partial charge in [-0.25, -0.2) is 0 Å². The van der Waals surface area contributed by atoms with Crippen molar-refractivity contribution in [3.05, 3.63) is 17.7 Å². The second-order valence-electron chi connectivity index (χ2n) is 7.44. The van der Waals surface area contributed by atoms with E-state index < -0.39 is 29.1 Å². The zero-order valence-electron chi connectivity index (χ0n) is 16.6. The van der Waals surface area contributed by atoms with Crippen LogP contribution in [0.5, 0.6) is 17.2 Å². The van der Waals surface area contributed by atoms with E-state index in [-0.39, 0.29) is 5.56 Å². The average molecular weight is 381 g/mol. The number of carboxylic acid groups (broad SMARTS) is 1. The third-order valence-electron chi connectivity index (χ3n) is 5.18. The van der Waals surface area contributed by atoms with Gasteiger partial charge in [0.15, 0.2) is 11.5 Å². The molecule has 0 spiro atoms. The first-order valence-electron chi connectivity index (χ1n) is 10.5. The van der Waals surface area contributed by atoms with Crippen LogP contribution in [0.1, 0.15) is 102 Å². The first-order valence-corrected chi connectivity index (χ1v) is 10.5. The van der Waals surface area contributed by atoms with E-state index in [9.17, 15) is 25.2 Å². The van der Waals surface area contributed by atoms with Gasteiger partial charge in [-0.05, 0) is 12.5 Å². The molecule has 1 aromatic carbocycles. The van der Waals surface area contributed by atoms with Crippen LogP contribution in [-0.4, -0.2) is 26.4 Å². The Hall–Kier alpha value is -1.91. The average Bonchev–Trinajstić information content (AvgIpc) is 2.64. The molecule has 0 heterocycles. The van der Waals surface area contributed by atoms with Crippen molar-refractivity contribution in [1.82, 2.24) is 0 Å². The highest BCUT2D eigenvalue weighted by Crippen LogP contribution is 2.41. The molecular formula is C22H36O5. The number of aliphatic carboxylic acids is 1. The molecule has 0 bridgehead atoms. The lowest BCUT2D eigenvalue weighted by molar-refractivity contribution is -0.139. The summed E-state index contributed by atoms with van der Waals surface area (Å²) >= 11 is 0. The minimum atomic E-state index is -1.03. The monoisotopic (exact) mass is 380 g/mol. The lowest BCUT2D eigenvalue weighted by atomic mass is 9.91. The molecule has 0 aromatic heterocycles. The Kier molecular flexibility index (Phi) is 11.4. The number of rotatable bonds is 15. The maximum atomic E-state index is 11.5. The van der Waals surface area contributed by atoms with Crippen molar-refractivity contribution in [2.45, 2.75) is 96.3 Å². The molecule has 5 heteroatoms. The molecule has 27 heavy (non-hydrogen) atoms.